The molecule has 8 heterocycles. The molecule has 1 aromatic heterocycles. The maximum Gasteiger partial charge on any atom is 0.333 e. The van der Waals surface area contributed by atoms with Gasteiger partial charge in [-0.25, -0.2) is 4.79 Å². The third kappa shape index (κ3) is 5.05. The van der Waals surface area contributed by atoms with Gasteiger partial charge in [0.05, 0.1) is 49.9 Å². The number of piperazine rings is 1. The first-order chi connectivity index (χ1) is 27.9. The quantitative estimate of drug-likeness (QED) is 0.149. The van der Waals surface area contributed by atoms with Crippen LogP contribution in [0.3, 0.4) is 0 Å². The van der Waals surface area contributed by atoms with Crippen molar-refractivity contribution in [3.63, 3.8) is 0 Å². The van der Waals surface area contributed by atoms with Crippen LogP contribution in [0.1, 0.15) is 68.9 Å². The molecule has 306 valence electrons. The standard InChI is InChI=1S/C42H46N4O11S/c1-17-9-20-10-26-40(50)46-27-14-54-41(51)42(39-24(11-21(13-47)44-42)23-12-22(52-5)7-8-25(23)43-39)15-58-38(32(46)31(45(26)4)28(20)33(49)34(17)53-6)30-29(27)37-36(55-16-56-37)18(2)35(30)57-19(3)48/h7-9,12,21,26-27,31-32,38,40,43-44,47,49-50H,10-11,13-16H2,1-6H3/t21-,26-,27-,31?,32+,38+,40-,42+/m0/s1. The number of H-pyrrole nitrogens is 1. The van der Waals surface area contributed by atoms with Crippen molar-refractivity contribution in [1.82, 2.24) is 20.1 Å². The number of aliphatic hydroxyl groups is 2. The van der Waals surface area contributed by atoms with Crippen LogP contribution < -0.4 is 29.0 Å². The molecule has 0 amide bonds. The fourth-order valence-corrected chi connectivity index (χ4v) is 12.5. The number of aromatic nitrogens is 1. The van der Waals surface area contributed by atoms with Gasteiger partial charge >= 0.3 is 11.9 Å². The third-order valence-electron chi connectivity index (χ3n) is 13.2. The minimum absolute atomic E-state index is 0.0326. The molecule has 1 unspecified atom stereocenters. The van der Waals surface area contributed by atoms with E-state index < -0.39 is 59.2 Å². The molecule has 15 nitrogen and oxygen atoms in total. The Morgan fingerprint density at radius 1 is 1.05 bits per heavy atom. The van der Waals surface area contributed by atoms with Crippen LogP contribution in [0, 0.1) is 13.8 Å². The fraction of sp³-hybridized carbons (Fsp3) is 0.476. The van der Waals surface area contributed by atoms with Gasteiger partial charge in [-0.2, -0.15) is 0 Å². The maximum atomic E-state index is 15.0. The van der Waals surface area contributed by atoms with Crippen LogP contribution in [-0.4, -0.2) is 113 Å². The highest BCUT2D eigenvalue weighted by Crippen LogP contribution is 2.64. The smallest absolute Gasteiger partial charge is 0.333 e. The van der Waals surface area contributed by atoms with E-state index in [1.165, 1.54) is 25.8 Å². The number of hydrogen-bond donors (Lipinski definition) is 5. The fourth-order valence-electron chi connectivity index (χ4n) is 10.8. The van der Waals surface area contributed by atoms with Gasteiger partial charge < -0.3 is 48.7 Å². The molecule has 7 aliphatic rings. The molecule has 0 radical (unpaired) electrons. The Labute approximate surface area is 338 Å². The summed E-state index contributed by atoms with van der Waals surface area (Å²) >= 11 is 1.46. The number of ether oxygens (including phenoxy) is 6. The lowest BCUT2D eigenvalue weighted by Gasteiger charge is -2.62. The van der Waals surface area contributed by atoms with Gasteiger partial charge in [0, 0.05) is 57.9 Å². The summed E-state index contributed by atoms with van der Waals surface area (Å²) in [6.07, 6.45) is -0.174. The molecule has 58 heavy (non-hydrogen) atoms. The van der Waals surface area contributed by atoms with Gasteiger partial charge in [0.25, 0.3) is 0 Å². The Kier molecular flexibility index (Phi) is 8.68. The molecular weight excluding hydrogens is 769 g/mol. The zero-order valence-corrected chi connectivity index (χ0v) is 33.8. The van der Waals surface area contributed by atoms with Crippen LogP contribution in [0.15, 0.2) is 24.3 Å². The molecule has 0 saturated carbocycles. The van der Waals surface area contributed by atoms with Gasteiger partial charge in [0.15, 0.2) is 28.5 Å². The zero-order chi connectivity index (χ0) is 40.5. The Bertz CT molecular complexity index is 2420. The molecular formula is C42H46N4O11S. The zero-order valence-electron chi connectivity index (χ0n) is 33.0. The predicted octanol–water partition coefficient (Wildman–Crippen LogP) is 3.55. The van der Waals surface area contributed by atoms with Crippen molar-refractivity contribution in [2.45, 2.75) is 80.8 Å². The van der Waals surface area contributed by atoms with Crippen molar-refractivity contribution >= 4 is 34.6 Å². The molecule has 7 aliphatic heterocycles. The molecule has 4 bridgehead atoms. The summed E-state index contributed by atoms with van der Waals surface area (Å²) in [5, 5.41) is 39.2. The second-order valence-corrected chi connectivity index (χ2v) is 17.3. The normalized spacial score (nSPS) is 29.7. The summed E-state index contributed by atoms with van der Waals surface area (Å²) in [5.74, 6) is 1.28. The monoisotopic (exact) mass is 814 g/mol. The number of esters is 2. The van der Waals surface area contributed by atoms with E-state index >= 15 is 4.79 Å². The van der Waals surface area contributed by atoms with E-state index in [9.17, 15) is 20.1 Å². The summed E-state index contributed by atoms with van der Waals surface area (Å²) in [7, 11) is 5.10. The van der Waals surface area contributed by atoms with Gasteiger partial charge in [-0.15, -0.1) is 11.8 Å². The average molecular weight is 815 g/mol. The Morgan fingerprint density at radius 2 is 1.84 bits per heavy atom. The topological polar surface area (TPSA) is 185 Å². The largest absolute Gasteiger partial charge is 0.504 e. The van der Waals surface area contributed by atoms with Crippen LogP contribution >= 0.6 is 11.8 Å². The van der Waals surface area contributed by atoms with Gasteiger partial charge in [0.1, 0.15) is 24.3 Å². The minimum Gasteiger partial charge on any atom is -0.504 e. The molecule has 4 aromatic rings. The maximum absolute atomic E-state index is 15.0. The number of likely N-dealkylation sites (N-methyl/N-ethyl adjacent to an activating group) is 1. The summed E-state index contributed by atoms with van der Waals surface area (Å²) in [6.45, 7) is 4.55. The average Bonchev–Trinajstić information content (AvgIpc) is 3.85. The lowest BCUT2D eigenvalue weighted by Crippen LogP contribution is -2.70. The van der Waals surface area contributed by atoms with Crippen LogP contribution in [0.2, 0.25) is 0 Å². The summed E-state index contributed by atoms with van der Waals surface area (Å²) in [6, 6.07) is 4.91. The minimum atomic E-state index is -1.47. The van der Waals surface area contributed by atoms with Crippen molar-refractivity contribution in [3.8, 4) is 34.5 Å². The Morgan fingerprint density at radius 3 is 2.59 bits per heavy atom. The number of nitrogens with one attached hydrogen (secondary N) is 2. The molecule has 3 aromatic carbocycles. The van der Waals surface area contributed by atoms with E-state index in [1.807, 2.05) is 50.1 Å². The number of fused-ring (bicyclic) bond motifs is 11. The highest BCUT2D eigenvalue weighted by Gasteiger charge is 2.62. The number of aromatic amines is 1. The number of aliphatic hydroxyl groups excluding tert-OH is 2. The molecule has 2 saturated heterocycles. The van der Waals surface area contributed by atoms with Crippen molar-refractivity contribution in [2.75, 3.05) is 47.0 Å². The second kappa shape index (κ2) is 13.4. The number of aryl methyl sites for hydroxylation is 1. The van der Waals surface area contributed by atoms with Crippen LogP contribution in [0.4, 0.5) is 0 Å². The number of nitrogens with zero attached hydrogens (tertiary/aromatic N) is 2. The highest BCUT2D eigenvalue weighted by molar-refractivity contribution is 7.99. The summed E-state index contributed by atoms with van der Waals surface area (Å²) < 4.78 is 36.2. The van der Waals surface area contributed by atoms with Crippen LogP contribution in [0.25, 0.3) is 10.9 Å². The van der Waals surface area contributed by atoms with Gasteiger partial charge in [-0.1, -0.05) is 6.07 Å². The molecule has 16 heteroatoms. The first-order valence-corrected chi connectivity index (χ1v) is 20.5. The van der Waals surface area contributed by atoms with E-state index in [0.717, 1.165) is 27.6 Å². The second-order valence-electron chi connectivity index (χ2n) is 16.2. The van der Waals surface area contributed by atoms with Crippen molar-refractivity contribution in [3.05, 3.63) is 68.9 Å². The lowest BCUT2D eigenvalue weighted by atomic mass is 9.73. The van der Waals surface area contributed by atoms with E-state index in [2.05, 4.69) is 15.2 Å². The van der Waals surface area contributed by atoms with E-state index in [-0.39, 0.29) is 31.5 Å². The molecule has 5 N–H and O–H groups in total. The number of hydrogen-bond acceptors (Lipinski definition) is 15. The number of phenolic OH excluding ortho intramolecular Hbond substituents is 1. The number of phenols is 1. The Balaban J connectivity index is 1.24. The van der Waals surface area contributed by atoms with E-state index in [1.54, 1.807) is 7.11 Å². The third-order valence-corrected chi connectivity index (χ3v) is 14.7. The Hall–Kier alpha value is -4.71. The number of carbonyl (C=O) groups is 2. The number of aromatic hydroxyl groups is 1. The van der Waals surface area contributed by atoms with Crippen LogP contribution in [0.5, 0.6) is 34.5 Å². The molecule has 2 fully saturated rings. The summed E-state index contributed by atoms with van der Waals surface area (Å²) in [5.41, 5.74) is 5.08. The lowest BCUT2D eigenvalue weighted by molar-refractivity contribution is -0.186. The first-order valence-electron chi connectivity index (χ1n) is 19.5. The highest BCUT2D eigenvalue weighted by atomic mass is 32.2. The van der Waals surface area contributed by atoms with Crippen molar-refractivity contribution in [1.29, 1.82) is 0 Å². The molecule has 11 rings (SSSR count). The number of methoxy groups -OCH3 is 2. The molecule has 0 aliphatic carbocycles. The first kappa shape index (κ1) is 37.6. The van der Waals surface area contributed by atoms with Crippen molar-refractivity contribution < 1.29 is 53.3 Å². The van der Waals surface area contributed by atoms with Gasteiger partial charge in [0.2, 0.25) is 6.79 Å². The van der Waals surface area contributed by atoms with E-state index in [4.69, 9.17) is 28.4 Å². The van der Waals surface area contributed by atoms with E-state index in [0.29, 0.717) is 69.5 Å². The SMILES string of the molecule is COc1ccc2[nH]c3c(c2c1)C[C@@H](CO)N[C@]31CS[C@@H]2c3c(OC(C)=O)c(C)c4c(c3[C@H](COC1=O)N1[C@@H]2C2c3c(cc(C)c(OC)c3O)C[C@@H]([C@@H]1O)N2C)OCO4. The van der Waals surface area contributed by atoms with Crippen molar-refractivity contribution in [2.24, 2.45) is 0 Å². The summed E-state index contributed by atoms with van der Waals surface area (Å²) in [4.78, 5) is 35.7. The van der Waals surface area contributed by atoms with Gasteiger partial charge in [-0.05, 0) is 68.6 Å². The number of benzene rings is 3. The van der Waals surface area contributed by atoms with Gasteiger partial charge in [-0.3, -0.25) is 19.9 Å². The number of carbonyl (C=O) groups excluding carboxylic acids is 2. The number of thioether (sulfide) groups is 1. The number of rotatable bonds is 4. The molecule has 8 atom stereocenters. The van der Waals surface area contributed by atoms with Crippen LogP contribution in [-0.2, 0) is 32.7 Å². The molecule has 1 spiro atoms. The predicted molar refractivity (Wildman–Crippen MR) is 211 cm³/mol.